The third kappa shape index (κ3) is 3.07. The van der Waals surface area contributed by atoms with Gasteiger partial charge in [-0.05, 0) is 38.1 Å². The summed E-state index contributed by atoms with van der Waals surface area (Å²) in [6.07, 6.45) is 0.732. The zero-order chi connectivity index (χ0) is 14.1. The van der Waals surface area contributed by atoms with Crippen LogP contribution in [0.15, 0.2) is 23.1 Å². The van der Waals surface area contributed by atoms with Crippen LogP contribution in [0.2, 0.25) is 5.02 Å². The quantitative estimate of drug-likeness (QED) is 0.880. The number of sulfonamides is 1. The fourth-order valence-corrected chi connectivity index (χ4v) is 3.79. The van der Waals surface area contributed by atoms with E-state index in [1.54, 1.807) is 0 Å². The molecule has 0 aliphatic carbocycles. The Hall–Kier alpha value is -1.13. The van der Waals surface area contributed by atoms with Gasteiger partial charge in [0.2, 0.25) is 10.0 Å². The number of nitrogens with one attached hydrogen (secondary N) is 2. The summed E-state index contributed by atoms with van der Waals surface area (Å²) in [7, 11) is -3.63. The van der Waals surface area contributed by atoms with Crippen molar-refractivity contribution in [3.8, 4) is 6.07 Å². The molecule has 1 aliphatic heterocycles. The van der Waals surface area contributed by atoms with Crippen molar-refractivity contribution in [3.63, 3.8) is 0 Å². The van der Waals surface area contributed by atoms with Crippen LogP contribution in [0.4, 0.5) is 0 Å². The first-order valence-corrected chi connectivity index (χ1v) is 7.67. The molecule has 1 atom stereocenters. The van der Waals surface area contributed by atoms with Crippen LogP contribution < -0.4 is 10.0 Å². The molecular formula is C12H14ClN3O2S. The van der Waals surface area contributed by atoms with Crippen molar-refractivity contribution in [1.82, 2.24) is 10.0 Å². The number of hydrogen-bond donors (Lipinski definition) is 2. The molecule has 0 radical (unpaired) electrons. The third-order valence-electron chi connectivity index (χ3n) is 3.12. The lowest BCUT2D eigenvalue weighted by Gasteiger charge is -2.24. The Morgan fingerprint density at radius 3 is 2.79 bits per heavy atom. The Bertz CT molecular complexity index is 631. The summed E-state index contributed by atoms with van der Waals surface area (Å²) >= 11 is 5.86. The second kappa shape index (κ2) is 5.10. The first-order valence-electron chi connectivity index (χ1n) is 5.81. The van der Waals surface area contributed by atoms with Crippen molar-refractivity contribution in [2.45, 2.75) is 23.8 Å². The van der Waals surface area contributed by atoms with Crippen molar-refractivity contribution in [2.24, 2.45) is 0 Å². The van der Waals surface area contributed by atoms with Gasteiger partial charge in [0.1, 0.15) is 6.07 Å². The van der Waals surface area contributed by atoms with Gasteiger partial charge in [0.25, 0.3) is 0 Å². The van der Waals surface area contributed by atoms with Crippen molar-refractivity contribution in [2.75, 3.05) is 13.1 Å². The molecule has 5 nitrogen and oxygen atoms in total. The highest BCUT2D eigenvalue weighted by Gasteiger charge is 2.33. The van der Waals surface area contributed by atoms with Gasteiger partial charge in [-0.1, -0.05) is 11.6 Å². The van der Waals surface area contributed by atoms with Gasteiger partial charge in [-0.25, -0.2) is 13.1 Å². The predicted molar refractivity (Wildman–Crippen MR) is 72.4 cm³/mol. The highest BCUT2D eigenvalue weighted by Crippen LogP contribution is 2.23. The van der Waals surface area contributed by atoms with Crippen LogP contribution in [0.3, 0.4) is 0 Å². The number of rotatable bonds is 3. The molecule has 0 spiro atoms. The highest BCUT2D eigenvalue weighted by atomic mass is 35.5. The molecule has 1 saturated heterocycles. The summed E-state index contributed by atoms with van der Waals surface area (Å²) < 4.78 is 27.2. The topological polar surface area (TPSA) is 82.0 Å². The minimum atomic E-state index is -3.63. The van der Waals surface area contributed by atoms with Crippen LogP contribution >= 0.6 is 11.6 Å². The van der Waals surface area contributed by atoms with E-state index in [1.165, 1.54) is 18.2 Å². The van der Waals surface area contributed by atoms with Crippen LogP contribution in [-0.2, 0) is 10.0 Å². The Kier molecular flexibility index (Phi) is 3.83. The van der Waals surface area contributed by atoms with Gasteiger partial charge in [-0.2, -0.15) is 5.26 Å². The maximum atomic E-state index is 12.3. The second-order valence-corrected chi connectivity index (χ2v) is 6.94. The fourth-order valence-electron chi connectivity index (χ4n) is 2.04. The van der Waals surface area contributed by atoms with Crippen molar-refractivity contribution >= 4 is 21.6 Å². The summed E-state index contributed by atoms with van der Waals surface area (Å²) in [5.41, 5.74) is -0.228. The molecule has 1 heterocycles. The van der Waals surface area contributed by atoms with E-state index in [2.05, 4.69) is 10.0 Å². The van der Waals surface area contributed by atoms with Gasteiger partial charge < -0.3 is 5.32 Å². The Balaban J connectivity index is 2.30. The molecule has 1 fully saturated rings. The first kappa shape index (κ1) is 14.3. The van der Waals surface area contributed by atoms with Gasteiger partial charge in [0.15, 0.2) is 0 Å². The molecule has 2 N–H and O–H groups in total. The highest BCUT2D eigenvalue weighted by molar-refractivity contribution is 7.89. The van der Waals surface area contributed by atoms with Crippen molar-refractivity contribution < 1.29 is 8.42 Å². The van der Waals surface area contributed by atoms with Crippen LogP contribution in [0, 0.1) is 11.3 Å². The second-order valence-electron chi connectivity index (χ2n) is 4.85. The zero-order valence-corrected chi connectivity index (χ0v) is 12.0. The lowest BCUT2D eigenvalue weighted by molar-refractivity contribution is 0.452. The largest absolute Gasteiger partial charge is 0.315 e. The summed E-state index contributed by atoms with van der Waals surface area (Å²) in [6, 6.07) is 5.99. The van der Waals surface area contributed by atoms with E-state index in [4.69, 9.17) is 16.9 Å². The van der Waals surface area contributed by atoms with E-state index in [0.717, 1.165) is 13.0 Å². The van der Waals surface area contributed by atoms with Crippen LogP contribution in [0.25, 0.3) is 0 Å². The number of nitrogens with zero attached hydrogens (tertiary/aromatic N) is 1. The van der Waals surface area contributed by atoms with Gasteiger partial charge >= 0.3 is 0 Å². The van der Waals surface area contributed by atoms with Crippen molar-refractivity contribution in [1.29, 1.82) is 5.26 Å². The molecule has 0 amide bonds. The Labute approximate surface area is 117 Å². The number of hydrogen-bond acceptors (Lipinski definition) is 4. The zero-order valence-electron chi connectivity index (χ0n) is 10.4. The van der Waals surface area contributed by atoms with E-state index < -0.39 is 15.6 Å². The molecule has 2 rings (SSSR count). The third-order valence-corrected chi connectivity index (χ3v) is 5.07. The molecule has 102 valence electrons. The molecule has 0 saturated carbocycles. The average Bonchev–Trinajstić information content (AvgIpc) is 2.74. The van der Waals surface area contributed by atoms with Crippen LogP contribution in [0.5, 0.6) is 0 Å². The summed E-state index contributed by atoms with van der Waals surface area (Å²) in [4.78, 5) is 0.0737. The van der Waals surface area contributed by atoms with Crippen LogP contribution in [-0.4, -0.2) is 27.0 Å². The molecule has 1 aromatic rings. The number of halogens is 1. The molecule has 1 aliphatic rings. The van der Waals surface area contributed by atoms with Gasteiger partial charge in [-0.3, -0.25) is 0 Å². The van der Waals surface area contributed by atoms with E-state index in [1.807, 2.05) is 13.0 Å². The van der Waals surface area contributed by atoms with E-state index in [-0.39, 0.29) is 15.5 Å². The van der Waals surface area contributed by atoms with Crippen LogP contribution in [0.1, 0.15) is 18.9 Å². The molecular weight excluding hydrogens is 286 g/mol. The SMILES string of the molecule is CC1(NS(=O)(=O)c2ccc(C#N)c(Cl)c2)CCNC1. The molecule has 1 unspecified atom stereocenters. The molecule has 7 heteroatoms. The fraction of sp³-hybridized carbons (Fsp3) is 0.417. The minimum Gasteiger partial charge on any atom is -0.315 e. The minimum absolute atomic E-state index is 0.0737. The van der Waals surface area contributed by atoms with Crippen molar-refractivity contribution in [3.05, 3.63) is 28.8 Å². The average molecular weight is 300 g/mol. The Morgan fingerprint density at radius 2 is 2.26 bits per heavy atom. The first-order chi connectivity index (χ1) is 8.86. The predicted octanol–water partition coefficient (Wildman–Crippen LogP) is 1.24. The number of nitriles is 1. The maximum absolute atomic E-state index is 12.3. The normalized spacial score (nSPS) is 23.2. The standard InChI is InChI=1S/C12H14ClN3O2S/c1-12(4-5-15-8-12)16-19(17,18)10-3-2-9(7-14)11(13)6-10/h2-3,6,15-16H,4-5,8H2,1H3. The van der Waals surface area contributed by atoms with Gasteiger partial charge in [0.05, 0.1) is 15.5 Å². The smallest absolute Gasteiger partial charge is 0.241 e. The maximum Gasteiger partial charge on any atom is 0.241 e. The summed E-state index contributed by atoms with van der Waals surface area (Å²) in [5, 5.41) is 12.0. The lowest BCUT2D eigenvalue weighted by atomic mass is 10.0. The molecule has 0 aromatic heterocycles. The van der Waals surface area contributed by atoms with Gasteiger partial charge in [0, 0.05) is 12.1 Å². The Morgan fingerprint density at radius 1 is 1.53 bits per heavy atom. The monoisotopic (exact) mass is 299 g/mol. The van der Waals surface area contributed by atoms with Gasteiger partial charge in [-0.15, -0.1) is 0 Å². The lowest BCUT2D eigenvalue weighted by Crippen LogP contribution is -2.47. The van der Waals surface area contributed by atoms with E-state index >= 15 is 0 Å². The van der Waals surface area contributed by atoms with E-state index in [9.17, 15) is 8.42 Å². The molecule has 0 bridgehead atoms. The molecule has 1 aromatic carbocycles. The number of benzene rings is 1. The van der Waals surface area contributed by atoms with E-state index in [0.29, 0.717) is 6.54 Å². The molecule has 19 heavy (non-hydrogen) atoms. The summed E-state index contributed by atoms with van der Waals surface area (Å²) in [6.45, 7) is 3.24. The summed E-state index contributed by atoms with van der Waals surface area (Å²) in [5.74, 6) is 0.